The number of piperidine rings is 1. The average Bonchev–Trinajstić information content (AvgIpc) is 2.16. The third-order valence-electron chi connectivity index (χ3n) is 2.77. The number of carboxylic acid groups (broad SMARTS) is 1. The summed E-state index contributed by atoms with van der Waals surface area (Å²) in [6.07, 6.45) is 3.15. The van der Waals surface area contributed by atoms with Crippen LogP contribution < -0.4 is 0 Å². The lowest BCUT2D eigenvalue weighted by atomic mass is 9.93. The maximum atomic E-state index is 12.1. The van der Waals surface area contributed by atoms with Crippen molar-refractivity contribution in [2.75, 3.05) is 26.3 Å². The number of likely N-dealkylation sites (tertiary alicyclic amines) is 1. The van der Waals surface area contributed by atoms with Gasteiger partial charge in [-0.25, -0.2) is 4.39 Å². The summed E-state index contributed by atoms with van der Waals surface area (Å²) in [5.41, 5.74) is 0. The third-order valence-corrected chi connectivity index (χ3v) is 2.77. The van der Waals surface area contributed by atoms with Gasteiger partial charge >= 0.3 is 5.97 Å². The van der Waals surface area contributed by atoms with Crippen molar-refractivity contribution in [1.82, 2.24) is 4.90 Å². The van der Waals surface area contributed by atoms with Gasteiger partial charge in [-0.3, -0.25) is 4.79 Å². The molecule has 0 bridgehead atoms. The Kier molecular flexibility index (Phi) is 4.87. The van der Waals surface area contributed by atoms with Crippen molar-refractivity contribution < 1.29 is 14.3 Å². The van der Waals surface area contributed by atoms with Gasteiger partial charge in [0.05, 0.1) is 0 Å². The number of halogens is 1. The van der Waals surface area contributed by atoms with E-state index in [9.17, 15) is 9.18 Å². The van der Waals surface area contributed by atoms with Gasteiger partial charge in [0, 0.05) is 19.5 Å². The van der Waals surface area contributed by atoms with Crippen LogP contribution in [-0.4, -0.2) is 42.3 Å². The van der Waals surface area contributed by atoms with Gasteiger partial charge in [-0.2, -0.15) is 0 Å². The Balaban J connectivity index is 2.21. The number of hydrogen-bond acceptors (Lipinski definition) is 2. The minimum absolute atomic E-state index is 0.244. The molecule has 4 heteroatoms. The molecule has 1 rings (SSSR count). The summed E-state index contributed by atoms with van der Waals surface area (Å²) in [4.78, 5) is 12.5. The molecule has 1 atom stereocenters. The van der Waals surface area contributed by atoms with E-state index >= 15 is 0 Å². The van der Waals surface area contributed by atoms with Crippen molar-refractivity contribution in [3.05, 3.63) is 0 Å². The Hall–Kier alpha value is -0.640. The van der Waals surface area contributed by atoms with Gasteiger partial charge < -0.3 is 10.0 Å². The maximum absolute atomic E-state index is 12.1. The van der Waals surface area contributed by atoms with Crippen LogP contribution in [0.4, 0.5) is 4.39 Å². The smallest absolute Gasteiger partial charge is 0.303 e. The third kappa shape index (κ3) is 4.05. The first-order valence-corrected chi connectivity index (χ1v) is 5.22. The molecule has 0 saturated carbocycles. The van der Waals surface area contributed by atoms with Crippen LogP contribution >= 0.6 is 0 Å². The molecule has 0 aromatic carbocycles. The topological polar surface area (TPSA) is 40.5 Å². The van der Waals surface area contributed by atoms with Crippen molar-refractivity contribution in [2.24, 2.45) is 5.92 Å². The van der Waals surface area contributed by atoms with E-state index < -0.39 is 5.97 Å². The van der Waals surface area contributed by atoms with E-state index in [4.69, 9.17) is 5.11 Å². The van der Waals surface area contributed by atoms with Gasteiger partial charge in [-0.15, -0.1) is 0 Å². The fourth-order valence-electron chi connectivity index (χ4n) is 2.04. The predicted molar refractivity (Wildman–Crippen MR) is 52.0 cm³/mol. The monoisotopic (exact) mass is 203 g/mol. The van der Waals surface area contributed by atoms with Gasteiger partial charge in [0.1, 0.15) is 6.67 Å². The summed E-state index contributed by atoms with van der Waals surface area (Å²) >= 11 is 0. The zero-order chi connectivity index (χ0) is 10.4. The number of nitrogens with zero attached hydrogens (tertiary/aromatic N) is 1. The fraction of sp³-hybridized carbons (Fsp3) is 0.900. The van der Waals surface area contributed by atoms with Crippen LogP contribution in [0.1, 0.15) is 25.7 Å². The fourth-order valence-corrected chi connectivity index (χ4v) is 2.04. The highest BCUT2D eigenvalue weighted by molar-refractivity contribution is 5.66. The molecule has 0 spiro atoms. The van der Waals surface area contributed by atoms with Crippen LogP contribution in [0.25, 0.3) is 0 Å². The van der Waals surface area contributed by atoms with E-state index in [1.54, 1.807) is 0 Å². The molecule has 3 nitrogen and oxygen atoms in total. The van der Waals surface area contributed by atoms with Crippen LogP contribution in [-0.2, 0) is 4.79 Å². The Morgan fingerprint density at radius 1 is 1.57 bits per heavy atom. The van der Waals surface area contributed by atoms with E-state index in [0.29, 0.717) is 12.5 Å². The number of carboxylic acids is 1. The number of aliphatic carboxylic acids is 1. The molecule has 0 aromatic rings. The Morgan fingerprint density at radius 2 is 2.36 bits per heavy atom. The lowest BCUT2D eigenvalue weighted by molar-refractivity contribution is -0.137. The predicted octanol–water partition coefficient (Wildman–Crippen LogP) is 1.53. The lowest BCUT2D eigenvalue weighted by Gasteiger charge is -2.31. The normalized spacial score (nSPS) is 23.6. The van der Waals surface area contributed by atoms with Gasteiger partial charge in [-0.1, -0.05) is 0 Å². The summed E-state index contributed by atoms with van der Waals surface area (Å²) in [6.45, 7) is 2.04. The van der Waals surface area contributed by atoms with E-state index in [1.165, 1.54) is 0 Å². The zero-order valence-corrected chi connectivity index (χ0v) is 8.41. The minimum atomic E-state index is -0.729. The van der Waals surface area contributed by atoms with Gasteiger partial charge in [-0.05, 0) is 31.7 Å². The SMILES string of the molecule is O=C(O)CCC1CCCN(CCF)C1. The van der Waals surface area contributed by atoms with Crippen LogP contribution in [0.2, 0.25) is 0 Å². The molecule has 1 heterocycles. The first kappa shape index (κ1) is 11.4. The molecule has 1 aliphatic rings. The number of alkyl halides is 1. The highest BCUT2D eigenvalue weighted by Gasteiger charge is 2.19. The second-order valence-corrected chi connectivity index (χ2v) is 3.93. The first-order valence-electron chi connectivity index (χ1n) is 5.22. The molecule has 0 radical (unpaired) electrons. The largest absolute Gasteiger partial charge is 0.481 e. The lowest BCUT2D eigenvalue weighted by Crippen LogP contribution is -2.36. The molecule has 0 aliphatic carbocycles. The second kappa shape index (κ2) is 5.96. The van der Waals surface area contributed by atoms with Crippen molar-refractivity contribution in [1.29, 1.82) is 0 Å². The Morgan fingerprint density at radius 3 is 3.00 bits per heavy atom. The highest BCUT2D eigenvalue weighted by atomic mass is 19.1. The minimum Gasteiger partial charge on any atom is -0.481 e. The summed E-state index contributed by atoms with van der Waals surface area (Å²) in [5.74, 6) is -0.279. The Bertz CT molecular complexity index is 185. The van der Waals surface area contributed by atoms with Crippen LogP contribution in [0.5, 0.6) is 0 Å². The molecule has 1 unspecified atom stereocenters. The van der Waals surface area contributed by atoms with E-state index in [-0.39, 0.29) is 13.1 Å². The quantitative estimate of drug-likeness (QED) is 0.736. The molecule has 1 fully saturated rings. The number of hydrogen-bond donors (Lipinski definition) is 1. The molecule has 0 aromatic heterocycles. The molecular weight excluding hydrogens is 185 g/mol. The molecule has 1 N–H and O–H groups in total. The van der Waals surface area contributed by atoms with E-state index in [1.807, 2.05) is 0 Å². The summed E-state index contributed by atoms with van der Waals surface area (Å²) in [7, 11) is 0. The second-order valence-electron chi connectivity index (χ2n) is 3.93. The molecule has 0 amide bonds. The average molecular weight is 203 g/mol. The standard InChI is InChI=1S/C10H18FNO2/c11-5-7-12-6-1-2-9(8-12)3-4-10(13)14/h9H,1-8H2,(H,13,14). The highest BCUT2D eigenvalue weighted by Crippen LogP contribution is 2.20. The summed E-state index contributed by atoms with van der Waals surface area (Å²) < 4.78 is 12.1. The molecule has 14 heavy (non-hydrogen) atoms. The van der Waals surface area contributed by atoms with Crippen LogP contribution in [0.3, 0.4) is 0 Å². The van der Waals surface area contributed by atoms with Gasteiger partial charge in [0.15, 0.2) is 0 Å². The maximum Gasteiger partial charge on any atom is 0.303 e. The van der Waals surface area contributed by atoms with E-state index in [0.717, 1.165) is 32.4 Å². The summed E-state index contributed by atoms with van der Waals surface area (Å²) in [6, 6.07) is 0. The van der Waals surface area contributed by atoms with Crippen molar-refractivity contribution in [3.8, 4) is 0 Å². The number of carbonyl (C=O) groups is 1. The van der Waals surface area contributed by atoms with Gasteiger partial charge in [0.2, 0.25) is 0 Å². The summed E-state index contributed by atoms with van der Waals surface area (Å²) in [5, 5.41) is 8.54. The first-order chi connectivity index (χ1) is 6.72. The number of rotatable bonds is 5. The molecular formula is C10H18FNO2. The van der Waals surface area contributed by atoms with Crippen molar-refractivity contribution in [2.45, 2.75) is 25.7 Å². The Labute approximate surface area is 83.9 Å². The van der Waals surface area contributed by atoms with E-state index in [2.05, 4.69) is 4.90 Å². The van der Waals surface area contributed by atoms with Crippen molar-refractivity contribution in [3.63, 3.8) is 0 Å². The van der Waals surface area contributed by atoms with Crippen LogP contribution in [0, 0.1) is 5.92 Å². The van der Waals surface area contributed by atoms with Crippen molar-refractivity contribution >= 4 is 5.97 Å². The van der Waals surface area contributed by atoms with Crippen LogP contribution in [0.15, 0.2) is 0 Å². The molecule has 1 saturated heterocycles. The zero-order valence-electron chi connectivity index (χ0n) is 8.41. The molecule has 82 valence electrons. The van der Waals surface area contributed by atoms with Gasteiger partial charge in [0.25, 0.3) is 0 Å². The molecule has 1 aliphatic heterocycles.